The molecule has 320 valence electrons. The summed E-state index contributed by atoms with van der Waals surface area (Å²) in [5.41, 5.74) is 18.6. The smallest absolute Gasteiger partial charge is 0.0494 e. The zero-order chi connectivity index (χ0) is 45.5. The third kappa shape index (κ3) is 6.60. The molecular formula is C66H51N. The van der Waals surface area contributed by atoms with Crippen LogP contribution in [0.25, 0.3) is 98.0 Å². The van der Waals surface area contributed by atoms with Crippen molar-refractivity contribution in [1.29, 1.82) is 0 Å². The molecular weight excluding hydrogens is 807 g/mol. The van der Waals surface area contributed by atoms with Crippen molar-refractivity contribution in [2.45, 2.75) is 41.5 Å². The summed E-state index contributed by atoms with van der Waals surface area (Å²) in [4.78, 5) is 2.55. The van der Waals surface area contributed by atoms with Gasteiger partial charge in [-0.3, -0.25) is 0 Å². The predicted octanol–water partition coefficient (Wildman–Crippen LogP) is 18.9. The maximum Gasteiger partial charge on any atom is 0.0494 e. The summed E-state index contributed by atoms with van der Waals surface area (Å²) in [5.74, 6) is 0. The maximum atomic E-state index is 2.55. The molecule has 0 atom stereocenters. The average Bonchev–Trinajstić information content (AvgIpc) is 3.36. The Kier molecular flexibility index (Phi) is 9.59. The Hall–Kier alpha value is -8.00. The van der Waals surface area contributed by atoms with Crippen molar-refractivity contribution >= 4 is 81.7 Å². The van der Waals surface area contributed by atoms with Crippen LogP contribution in [0.3, 0.4) is 0 Å². The highest BCUT2D eigenvalue weighted by Crippen LogP contribution is 2.48. The molecule has 0 aromatic heterocycles. The van der Waals surface area contributed by atoms with Gasteiger partial charge in [-0.2, -0.15) is 0 Å². The number of fused-ring (bicyclic) bond motifs is 9. The monoisotopic (exact) mass is 857 g/mol. The van der Waals surface area contributed by atoms with Crippen LogP contribution in [0.2, 0.25) is 0 Å². The van der Waals surface area contributed by atoms with Crippen LogP contribution in [0.15, 0.2) is 200 Å². The lowest BCUT2D eigenvalue weighted by molar-refractivity contribution is 1.19. The number of benzene rings is 12. The topological polar surface area (TPSA) is 3.24 Å². The van der Waals surface area contributed by atoms with Gasteiger partial charge in [0.05, 0.1) is 0 Å². The lowest BCUT2D eigenvalue weighted by atomic mass is 9.88. The number of nitrogens with zero attached hydrogens (tertiary/aromatic N) is 1. The Balaban J connectivity index is 1.07. The van der Waals surface area contributed by atoms with Gasteiger partial charge in [0.15, 0.2) is 0 Å². The van der Waals surface area contributed by atoms with Gasteiger partial charge in [-0.1, -0.05) is 152 Å². The fraction of sp³-hybridized carbons (Fsp3) is 0.0909. The molecule has 12 aromatic carbocycles. The number of anilines is 3. The molecule has 67 heavy (non-hydrogen) atoms. The van der Waals surface area contributed by atoms with E-state index in [2.05, 4.69) is 247 Å². The van der Waals surface area contributed by atoms with E-state index in [-0.39, 0.29) is 0 Å². The highest BCUT2D eigenvalue weighted by Gasteiger charge is 2.24. The van der Waals surface area contributed by atoms with E-state index in [4.69, 9.17) is 0 Å². The normalized spacial score (nSPS) is 11.7. The van der Waals surface area contributed by atoms with Gasteiger partial charge in [-0.15, -0.1) is 0 Å². The van der Waals surface area contributed by atoms with E-state index >= 15 is 0 Å². The molecule has 1 heteroatoms. The second-order valence-electron chi connectivity index (χ2n) is 18.8. The molecule has 0 spiro atoms. The Morgan fingerprint density at radius 3 is 0.985 bits per heavy atom. The average molecular weight is 858 g/mol. The molecule has 0 saturated carbocycles. The Morgan fingerprint density at radius 2 is 0.537 bits per heavy atom. The second kappa shape index (κ2) is 15.9. The van der Waals surface area contributed by atoms with Crippen LogP contribution in [0.1, 0.15) is 33.4 Å². The summed E-state index contributed by atoms with van der Waals surface area (Å²) >= 11 is 0. The van der Waals surface area contributed by atoms with Gasteiger partial charge in [0, 0.05) is 17.1 Å². The van der Waals surface area contributed by atoms with E-state index in [1.807, 2.05) is 0 Å². The fourth-order valence-corrected chi connectivity index (χ4v) is 11.2. The summed E-state index contributed by atoms with van der Waals surface area (Å²) in [7, 11) is 0. The number of rotatable bonds is 6. The first-order chi connectivity index (χ1) is 32.7. The molecule has 0 N–H and O–H groups in total. The zero-order valence-electron chi connectivity index (χ0n) is 39.0. The third-order valence-electron chi connectivity index (χ3n) is 14.5. The maximum absolute atomic E-state index is 2.55. The molecule has 12 rings (SSSR count). The number of aryl methyl sites for hydroxylation is 6. The van der Waals surface area contributed by atoms with Gasteiger partial charge in [-0.05, 0) is 221 Å². The molecule has 0 aliphatic rings. The summed E-state index contributed by atoms with van der Waals surface area (Å²) in [5, 5.41) is 15.3. The third-order valence-corrected chi connectivity index (χ3v) is 14.5. The van der Waals surface area contributed by atoms with Crippen LogP contribution in [-0.2, 0) is 0 Å². The summed E-state index contributed by atoms with van der Waals surface area (Å²) in [6.07, 6.45) is 0. The quantitative estimate of drug-likeness (QED) is 0.151. The zero-order valence-corrected chi connectivity index (χ0v) is 39.0. The van der Waals surface area contributed by atoms with Crippen molar-refractivity contribution in [3.63, 3.8) is 0 Å². The van der Waals surface area contributed by atoms with E-state index in [1.54, 1.807) is 0 Å². The second-order valence-corrected chi connectivity index (χ2v) is 18.8. The van der Waals surface area contributed by atoms with Crippen molar-refractivity contribution in [3.8, 4) is 33.4 Å². The van der Waals surface area contributed by atoms with Crippen LogP contribution in [-0.4, -0.2) is 0 Å². The number of hydrogen-bond acceptors (Lipinski definition) is 1. The molecule has 1 nitrogen and oxygen atoms in total. The summed E-state index contributed by atoms with van der Waals surface area (Å²) in [6.45, 7) is 13.7. The first-order valence-electron chi connectivity index (χ1n) is 23.6. The lowest BCUT2D eigenvalue weighted by Crippen LogP contribution is -2.15. The molecule has 0 radical (unpaired) electrons. The van der Waals surface area contributed by atoms with E-state index in [9.17, 15) is 0 Å². The molecule has 0 fully saturated rings. The first-order valence-corrected chi connectivity index (χ1v) is 23.6. The van der Waals surface area contributed by atoms with Crippen molar-refractivity contribution < 1.29 is 0 Å². The molecule has 12 aromatic rings. The SMILES string of the molecule is Cc1cc(N(c2cc(C)c(-c3cc4ccccc4c4ccccc34)cc2C)c2cc(C)c(-c3cc4ccccc4c4ccccc34)cc2C)c(C)cc1-c1cccc2c1ccc1ccccc12. The van der Waals surface area contributed by atoms with Crippen LogP contribution >= 0.6 is 0 Å². The van der Waals surface area contributed by atoms with Crippen LogP contribution in [0.5, 0.6) is 0 Å². The molecule has 0 bridgehead atoms. The Labute approximate surface area is 393 Å². The molecule has 0 saturated heterocycles. The minimum atomic E-state index is 1.18. The predicted molar refractivity (Wildman–Crippen MR) is 291 cm³/mol. The van der Waals surface area contributed by atoms with Gasteiger partial charge in [0.2, 0.25) is 0 Å². The van der Waals surface area contributed by atoms with E-state index in [0.717, 1.165) is 0 Å². The van der Waals surface area contributed by atoms with Gasteiger partial charge in [0.25, 0.3) is 0 Å². The largest absolute Gasteiger partial charge is 0.310 e. The van der Waals surface area contributed by atoms with E-state index < -0.39 is 0 Å². The summed E-state index contributed by atoms with van der Waals surface area (Å²) < 4.78 is 0. The van der Waals surface area contributed by atoms with E-state index in [0.29, 0.717) is 0 Å². The Bertz CT molecular complexity index is 3830. The number of hydrogen-bond donors (Lipinski definition) is 0. The molecule has 0 unspecified atom stereocenters. The van der Waals surface area contributed by atoms with Gasteiger partial charge < -0.3 is 4.90 Å². The van der Waals surface area contributed by atoms with Crippen molar-refractivity contribution in [2.75, 3.05) is 4.90 Å². The Morgan fingerprint density at radius 1 is 0.209 bits per heavy atom. The molecule has 0 aliphatic carbocycles. The van der Waals surface area contributed by atoms with Gasteiger partial charge >= 0.3 is 0 Å². The standard InChI is InChI=1S/C66H51N/c1-40-35-64(43(4)32-59(40)55-29-17-28-54-49-21-10-7-18-46(49)30-31-58(54)55)67(65-36-41(2)60(33-44(65)5)62-38-47-19-8-11-22-50(47)52-24-13-15-26-56(52)62)66-37-42(3)61(34-45(66)6)63-39-48-20-9-12-23-51(48)53-25-14-16-27-57(53)63/h7-39H,1-6H3. The highest BCUT2D eigenvalue weighted by atomic mass is 15.1. The van der Waals surface area contributed by atoms with Crippen molar-refractivity contribution in [3.05, 3.63) is 234 Å². The molecule has 0 aliphatic heterocycles. The van der Waals surface area contributed by atoms with Crippen molar-refractivity contribution in [1.82, 2.24) is 0 Å². The van der Waals surface area contributed by atoms with Crippen LogP contribution in [0, 0.1) is 41.5 Å². The lowest BCUT2D eigenvalue weighted by Gasteiger charge is -2.32. The van der Waals surface area contributed by atoms with Crippen molar-refractivity contribution in [2.24, 2.45) is 0 Å². The molecule has 0 amide bonds. The van der Waals surface area contributed by atoms with E-state index in [1.165, 1.54) is 148 Å². The first kappa shape index (κ1) is 40.5. The van der Waals surface area contributed by atoms with Crippen LogP contribution < -0.4 is 4.90 Å². The minimum absolute atomic E-state index is 1.18. The van der Waals surface area contributed by atoms with Crippen LogP contribution in [0.4, 0.5) is 17.1 Å². The van der Waals surface area contributed by atoms with Gasteiger partial charge in [-0.25, -0.2) is 0 Å². The highest BCUT2D eigenvalue weighted by molar-refractivity contribution is 6.16. The minimum Gasteiger partial charge on any atom is -0.310 e. The van der Waals surface area contributed by atoms with Gasteiger partial charge in [0.1, 0.15) is 0 Å². The summed E-state index contributed by atoms with van der Waals surface area (Å²) in [6, 6.07) is 74.8. The fourth-order valence-electron chi connectivity index (χ4n) is 11.2. The molecule has 0 heterocycles.